The van der Waals surface area contributed by atoms with E-state index < -0.39 is 5.82 Å². The molecule has 4 heteroatoms. The fourth-order valence-electron chi connectivity index (χ4n) is 1.15. The molecule has 0 unspecified atom stereocenters. The second-order valence-corrected chi connectivity index (χ2v) is 3.34. The summed E-state index contributed by atoms with van der Waals surface area (Å²) >= 11 is 5.62. The van der Waals surface area contributed by atoms with E-state index in [0.29, 0.717) is 12.2 Å². The Morgan fingerprint density at radius 1 is 1.57 bits per heavy atom. The lowest BCUT2D eigenvalue weighted by molar-refractivity contribution is 0.101. The van der Waals surface area contributed by atoms with Gasteiger partial charge in [0.1, 0.15) is 0 Å². The summed E-state index contributed by atoms with van der Waals surface area (Å²) in [6.07, 6.45) is 0. The molecular weight excluding hydrogens is 207 g/mol. The number of ketones is 1. The topological polar surface area (TPSA) is 26.3 Å². The van der Waals surface area contributed by atoms with Crippen molar-refractivity contribution in [3.8, 4) is 0 Å². The molecule has 0 aliphatic heterocycles. The lowest BCUT2D eigenvalue weighted by Gasteiger charge is -2.05. The zero-order valence-corrected chi connectivity index (χ0v) is 8.69. The Morgan fingerprint density at radius 3 is 2.71 bits per heavy atom. The zero-order valence-electron chi connectivity index (χ0n) is 7.93. The Hall–Kier alpha value is -0.930. The van der Waals surface area contributed by atoms with Gasteiger partial charge in [0.2, 0.25) is 0 Å². The number of Topliss-reactive ketones (excluding diaryl/α,β-unsaturated/α-hetero) is 1. The summed E-state index contributed by atoms with van der Waals surface area (Å²) < 4.78 is 18.1. The molecule has 1 aromatic rings. The van der Waals surface area contributed by atoms with Crippen LogP contribution in [0.3, 0.4) is 0 Å². The number of hydrogen-bond acceptors (Lipinski definition) is 2. The van der Waals surface area contributed by atoms with Crippen LogP contribution in [0.2, 0.25) is 5.02 Å². The number of ether oxygens (including phenoxy) is 1. The van der Waals surface area contributed by atoms with Gasteiger partial charge in [-0.1, -0.05) is 11.6 Å². The minimum atomic E-state index is -0.668. The largest absolute Gasteiger partial charge is 0.380 e. The van der Waals surface area contributed by atoms with Gasteiger partial charge in [0.05, 0.1) is 17.2 Å². The van der Waals surface area contributed by atoms with E-state index in [1.807, 2.05) is 0 Å². The average molecular weight is 217 g/mol. The lowest BCUT2D eigenvalue weighted by atomic mass is 10.1. The molecule has 0 atom stereocenters. The number of hydrogen-bond donors (Lipinski definition) is 0. The smallest absolute Gasteiger partial charge is 0.162 e. The van der Waals surface area contributed by atoms with Crippen LogP contribution in [0.4, 0.5) is 4.39 Å². The van der Waals surface area contributed by atoms with Crippen LogP contribution in [0.1, 0.15) is 22.8 Å². The third-order valence-electron chi connectivity index (χ3n) is 1.78. The van der Waals surface area contributed by atoms with E-state index in [0.717, 1.165) is 0 Å². The van der Waals surface area contributed by atoms with Crippen molar-refractivity contribution in [1.82, 2.24) is 0 Å². The van der Waals surface area contributed by atoms with Crippen molar-refractivity contribution in [2.45, 2.75) is 13.5 Å². The van der Waals surface area contributed by atoms with Gasteiger partial charge in [-0.2, -0.15) is 0 Å². The van der Waals surface area contributed by atoms with Gasteiger partial charge in [-0.05, 0) is 24.6 Å². The first kappa shape index (κ1) is 11.1. The first-order chi connectivity index (χ1) is 6.56. The zero-order chi connectivity index (χ0) is 10.7. The van der Waals surface area contributed by atoms with Crippen LogP contribution in [-0.4, -0.2) is 12.9 Å². The van der Waals surface area contributed by atoms with Crippen molar-refractivity contribution in [2.24, 2.45) is 0 Å². The number of benzene rings is 1. The predicted molar refractivity (Wildman–Crippen MR) is 52.1 cm³/mol. The summed E-state index contributed by atoms with van der Waals surface area (Å²) in [5, 5.41) is -0.0512. The highest BCUT2D eigenvalue weighted by Gasteiger charge is 2.12. The van der Waals surface area contributed by atoms with Crippen molar-refractivity contribution in [1.29, 1.82) is 0 Å². The predicted octanol–water partition coefficient (Wildman–Crippen LogP) is 2.83. The molecule has 0 spiro atoms. The van der Waals surface area contributed by atoms with Crippen molar-refractivity contribution in [3.05, 3.63) is 34.1 Å². The highest BCUT2D eigenvalue weighted by Crippen LogP contribution is 2.21. The van der Waals surface area contributed by atoms with Crippen LogP contribution in [0.15, 0.2) is 12.1 Å². The van der Waals surface area contributed by atoms with Gasteiger partial charge in [-0.15, -0.1) is 0 Å². The van der Waals surface area contributed by atoms with Gasteiger partial charge in [0, 0.05) is 7.11 Å². The minimum Gasteiger partial charge on any atom is -0.380 e. The molecule has 0 aliphatic carbocycles. The third kappa shape index (κ3) is 2.30. The highest BCUT2D eigenvalue weighted by atomic mass is 35.5. The number of methoxy groups -OCH3 is 1. The number of halogens is 2. The summed E-state index contributed by atoms with van der Waals surface area (Å²) in [7, 11) is 1.52. The van der Waals surface area contributed by atoms with Crippen molar-refractivity contribution in [2.75, 3.05) is 7.11 Å². The molecule has 0 aromatic heterocycles. The summed E-state index contributed by atoms with van der Waals surface area (Å²) in [6, 6.07) is 2.90. The fraction of sp³-hybridized carbons (Fsp3) is 0.300. The highest BCUT2D eigenvalue weighted by molar-refractivity contribution is 6.31. The van der Waals surface area contributed by atoms with Crippen LogP contribution in [0.5, 0.6) is 0 Å². The van der Waals surface area contributed by atoms with E-state index in [1.54, 1.807) is 0 Å². The standard InChI is InChI=1S/C10H10ClFO2/c1-6(13)8-3-7(5-14-2)4-9(11)10(8)12/h3-4H,5H2,1-2H3. The van der Waals surface area contributed by atoms with Gasteiger partial charge in [-0.3, -0.25) is 4.79 Å². The molecule has 1 aromatic carbocycles. The molecule has 0 heterocycles. The molecule has 0 fully saturated rings. The molecular formula is C10H10ClFO2. The SMILES string of the molecule is COCc1cc(Cl)c(F)c(C(C)=O)c1. The molecule has 0 amide bonds. The summed E-state index contributed by atoms with van der Waals surface area (Å²) in [5.74, 6) is -1.01. The molecule has 0 saturated heterocycles. The molecule has 0 bridgehead atoms. The molecule has 1 rings (SSSR count). The van der Waals surface area contributed by atoms with Crippen LogP contribution in [0, 0.1) is 5.82 Å². The normalized spacial score (nSPS) is 10.3. The Morgan fingerprint density at radius 2 is 2.21 bits per heavy atom. The van der Waals surface area contributed by atoms with E-state index in [-0.39, 0.29) is 16.4 Å². The van der Waals surface area contributed by atoms with E-state index >= 15 is 0 Å². The van der Waals surface area contributed by atoms with Crippen molar-refractivity contribution >= 4 is 17.4 Å². The number of rotatable bonds is 3. The van der Waals surface area contributed by atoms with Gasteiger partial charge in [-0.25, -0.2) is 4.39 Å². The van der Waals surface area contributed by atoms with E-state index in [1.165, 1.54) is 26.2 Å². The molecule has 14 heavy (non-hydrogen) atoms. The van der Waals surface area contributed by atoms with Crippen LogP contribution in [0.25, 0.3) is 0 Å². The number of carbonyl (C=O) groups is 1. The second kappa shape index (κ2) is 4.53. The van der Waals surface area contributed by atoms with Crippen LogP contribution >= 0.6 is 11.6 Å². The molecule has 0 saturated carbocycles. The van der Waals surface area contributed by atoms with Crippen molar-refractivity contribution in [3.63, 3.8) is 0 Å². The van der Waals surface area contributed by atoms with Gasteiger partial charge in [0.15, 0.2) is 11.6 Å². The maximum Gasteiger partial charge on any atom is 0.162 e. The first-order valence-electron chi connectivity index (χ1n) is 4.04. The molecule has 0 aliphatic rings. The second-order valence-electron chi connectivity index (χ2n) is 2.93. The van der Waals surface area contributed by atoms with E-state index in [4.69, 9.17) is 16.3 Å². The molecule has 0 radical (unpaired) electrons. The molecule has 2 nitrogen and oxygen atoms in total. The maximum atomic E-state index is 13.3. The Balaban J connectivity index is 3.21. The average Bonchev–Trinajstić information content (AvgIpc) is 2.11. The Bertz CT molecular complexity index is 363. The maximum absolute atomic E-state index is 13.3. The summed E-state index contributed by atoms with van der Waals surface area (Å²) in [6.45, 7) is 1.60. The third-order valence-corrected chi connectivity index (χ3v) is 2.05. The van der Waals surface area contributed by atoms with E-state index in [9.17, 15) is 9.18 Å². The van der Waals surface area contributed by atoms with Gasteiger partial charge >= 0.3 is 0 Å². The first-order valence-corrected chi connectivity index (χ1v) is 4.42. The molecule has 76 valence electrons. The van der Waals surface area contributed by atoms with Crippen LogP contribution in [-0.2, 0) is 11.3 Å². The Kier molecular flexibility index (Phi) is 3.61. The molecule has 0 N–H and O–H groups in total. The van der Waals surface area contributed by atoms with Crippen molar-refractivity contribution < 1.29 is 13.9 Å². The van der Waals surface area contributed by atoms with Crippen LogP contribution < -0.4 is 0 Å². The van der Waals surface area contributed by atoms with Gasteiger partial charge < -0.3 is 4.74 Å². The minimum absolute atomic E-state index is 0.00421. The monoisotopic (exact) mass is 216 g/mol. The quantitative estimate of drug-likeness (QED) is 0.727. The van der Waals surface area contributed by atoms with E-state index in [2.05, 4.69) is 0 Å². The fourth-order valence-corrected chi connectivity index (χ4v) is 1.39. The van der Waals surface area contributed by atoms with Gasteiger partial charge in [0.25, 0.3) is 0 Å². The summed E-state index contributed by atoms with van der Waals surface area (Å²) in [5.41, 5.74) is 0.689. The number of carbonyl (C=O) groups excluding carboxylic acids is 1. The lowest BCUT2D eigenvalue weighted by Crippen LogP contribution is -2.00. The summed E-state index contributed by atoms with van der Waals surface area (Å²) in [4.78, 5) is 11.0. The Labute approximate surface area is 86.6 Å².